The van der Waals surface area contributed by atoms with Gasteiger partial charge in [0.25, 0.3) is 0 Å². The van der Waals surface area contributed by atoms with Gasteiger partial charge in [0, 0.05) is 30.2 Å². The number of benzene rings is 1. The Morgan fingerprint density at radius 2 is 2.05 bits per heavy atom. The Bertz CT molecular complexity index is 659. The van der Waals surface area contributed by atoms with E-state index >= 15 is 0 Å². The molecule has 2 rings (SSSR count). The third-order valence-corrected chi connectivity index (χ3v) is 3.17. The smallest absolute Gasteiger partial charge is 0.231 e. The van der Waals surface area contributed by atoms with Crippen LogP contribution in [0.5, 0.6) is 11.5 Å². The molecule has 0 radical (unpaired) electrons. The van der Waals surface area contributed by atoms with Gasteiger partial charge in [0.05, 0.1) is 0 Å². The van der Waals surface area contributed by atoms with Gasteiger partial charge in [0.2, 0.25) is 6.79 Å². The van der Waals surface area contributed by atoms with E-state index in [0.717, 1.165) is 0 Å². The summed E-state index contributed by atoms with van der Waals surface area (Å²) in [4.78, 5) is 27.8. The van der Waals surface area contributed by atoms with Crippen LogP contribution in [0, 0.1) is 0 Å². The first-order valence-corrected chi connectivity index (χ1v) is 6.90. The Balaban J connectivity index is 1.99. The molecule has 0 aromatic heterocycles. The second-order valence-electron chi connectivity index (χ2n) is 4.68. The van der Waals surface area contributed by atoms with Crippen molar-refractivity contribution in [3.8, 4) is 11.5 Å². The lowest BCUT2D eigenvalue weighted by Crippen LogP contribution is -2.06. The highest BCUT2D eigenvalue weighted by Crippen LogP contribution is 2.32. The maximum atomic E-state index is 12.2. The zero-order valence-electron chi connectivity index (χ0n) is 12.4. The topological polar surface area (TPSA) is 65.0 Å². The van der Waals surface area contributed by atoms with Gasteiger partial charge < -0.3 is 9.47 Å². The molecule has 5 nitrogen and oxygen atoms in total. The predicted molar refractivity (Wildman–Crippen MR) is 83.6 cm³/mol. The number of carbonyl (C=O) groups is 2. The van der Waals surface area contributed by atoms with Crippen LogP contribution in [0.2, 0.25) is 0 Å². The Labute approximate surface area is 129 Å². The molecule has 0 aliphatic carbocycles. The zero-order valence-corrected chi connectivity index (χ0v) is 12.4. The van der Waals surface area contributed by atoms with Crippen LogP contribution in [-0.2, 0) is 4.79 Å². The number of nitrogens with zero attached hydrogens (tertiary/aromatic N) is 1. The normalized spacial score (nSPS) is 13.4. The summed E-state index contributed by atoms with van der Waals surface area (Å²) >= 11 is 0. The average molecular weight is 299 g/mol. The Hall–Kier alpha value is -2.69. The molecule has 1 aliphatic rings. The average Bonchev–Trinajstić information content (AvgIpc) is 2.99. The molecule has 0 atom stereocenters. The number of hydrogen-bond donors (Lipinski definition) is 0. The molecule has 22 heavy (non-hydrogen) atoms. The second kappa shape index (κ2) is 7.36. The highest BCUT2D eigenvalue weighted by Gasteiger charge is 2.17. The first kappa shape index (κ1) is 15.7. The van der Waals surface area contributed by atoms with Gasteiger partial charge in [-0.05, 0) is 31.8 Å². The first-order chi connectivity index (χ1) is 10.7. The van der Waals surface area contributed by atoms with Crippen molar-refractivity contribution < 1.29 is 19.1 Å². The summed E-state index contributed by atoms with van der Waals surface area (Å²) in [6.45, 7) is 5.31. The van der Waals surface area contributed by atoms with E-state index in [0.29, 0.717) is 22.6 Å². The lowest BCUT2D eigenvalue weighted by Gasteiger charge is -2.03. The summed E-state index contributed by atoms with van der Waals surface area (Å²) in [7, 11) is 0. The van der Waals surface area contributed by atoms with Crippen LogP contribution in [0.1, 0.15) is 30.1 Å². The summed E-state index contributed by atoms with van der Waals surface area (Å²) in [5, 5.41) is 0. The maximum absolute atomic E-state index is 12.2. The van der Waals surface area contributed by atoms with Crippen LogP contribution in [-0.4, -0.2) is 25.1 Å². The van der Waals surface area contributed by atoms with E-state index in [1.807, 2.05) is 6.92 Å². The molecule has 0 bridgehead atoms. The molecule has 114 valence electrons. The van der Waals surface area contributed by atoms with Gasteiger partial charge in [-0.15, -0.1) is 0 Å². The van der Waals surface area contributed by atoms with Crippen molar-refractivity contribution >= 4 is 18.3 Å². The number of Topliss-reactive ketones (excluding diaryl/α,β-unsaturated/α-hetero) is 2. The minimum atomic E-state index is -0.139. The summed E-state index contributed by atoms with van der Waals surface area (Å²) in [5.74, 6) is 0.933. The molecule has 0 saturated carbocycles. The van der Waals surface area contributed by atoms with Gasteiger partial charge in [-0.1, -0.05) is 12.2 Å². The van der Waals surface area contributed by atoms with Gasteiger partial charge in [-0.3, -0.25) is 14.6 Å². The number of fused-ring (bicyclic) bond motifs is 1. The van der Waals surface area contributed by atoms with Crippen LogP contribution in [0.25, 0.3) is 0 Å². The number of aliphatic imine (C=N–C) groups is 1. The SMILES string of the molecule is C=NC=C(C=CC)C(=O)CCC(=O)c1ccc2c(c1)OCO2. The lowest BCUT2D eigenvalue weighted by atomic mass is 10.0. The van der Waals surface area contributed by atoms with Gasteiger partial charge in [0.15, 0.2) is 23.1 Å². The molecule has 5 heteroatoms. The molecule has 1 aromatic rings. The quantitative estimate of drug-likeness (QED) is 0.336. The molecule has 0 N–H and O–H groups in total. The summed E-state index contributed by atoms with van der Waals surface area (Å²) in [6.07, 6.45) is 5.05. The summed E-state index contributed by atoms with van der Waals surface area (Å²) < 4.78 is 10.4. The summed E-state index contributed by atoms with van der Waals surface area (Å²) in [5.41, 5.74) is 0.950. The number of ketones is 2. The number of hydrogen-bond acceptors (Lipinski definition) is 5. The molecule has 1 aromatic carbocycles. The third-order valence-electron chi connectivity index (χ3n) is 3.17. The van der Waals surface area contributed by atoms with Crippen molar-refractivity contribution in [3.05, 3.63) is 47.7 Å². The Morgan fingerprint density at radius 3 is 2.77 bits per heavy atom. The fraction of sp³-hybridized carbons (Fsp3) is 0.235. The minimum Gasteiger partial charge on any atom is -0.454 e. The van der Waals surface area contributed by atoms with Crippen molar-refractivity contribution in [2.24, 2.45) is 4.99 Å². The minimum absolute atomic E-state index is 0.113. The monoisotopic (exact) mass is 299 g/mol. The van der Waals surface area contributed by atoms with Gasteiger partial charge in [-0.25, -0.2) is 0 Å². The van der Waals surface area contributed by atoms with E-state index in [2.05, 4.69) is 11.7 Å². The van der Waals surface area contributed by atoms with Crippen LogP contribution in [0.4, 0.5) is 0 Å². The van der Waals surface area contributed by atoms with Crippen molar-refractivity contribution in [2.75, 3.05) is 6.79 Å². The van der Waals surface area contributed by atoms with Crippen molar-refractivity contribution in [1.29, 1.82) is 0 Å². The second-order valence-corrected chi connectivity index (χ2v) is 4.68. The highest BCUT2D eigenvalue weighted by molar-refractivity contribution is 6.03. The third kappa shape index (κ3) is 3.69. The molecule has 0 amide bonds. The molecule has 0 fully saturated rings. The Kier molecular flexibility index (Phi) is 5.25. The Morgan fingerprint density at radius 1 is 1.27 bits per heavy atom. The van der Waals surface area contributed by atoms with E-state index in [4.69, 9.17) is 9.47 Å². The molecule has 0 spiro atoms. The van der Waals surface area contributed by atoms with Crippen LogP contribution >= 0.6 is 0 Å². The number of ether oxygens (including phenoxy) is 2. The van der Waals surface area contributed by atoms with Gasteiger partial charge in [-0.2, -0.15) is 0 Å². The molecule has 1 aliphatic heterocycles. The van der Waals surface area contributed by atoms with Crippen molar-refractivity contribution in [1.82, 2.24) is 0 Å². The van der Waals surface area contributed by atoms with E-state index in [1.165, 1.54) is 6.20 Å². The molecular weight excluding hydrogens is 282 g/mol. The van der Waals surface area contributed by atoms with E-state index in [1.54, 1.807) is 30.4 Å². The van der Waals surface area contributed by atoms with Crippen LogP contribution in [0.15, 0.2) is 47.1 Å². The highest BCUT2D eigenvalue weighted by atomic mass is 16.7. The standard InChI is InChI=1S/C17H17NO4/c1-3-4-13(10-18-2)15(20)7-6-14(19)12-5-8-16-17(9-12)22-11-21-16/h3-5,8-10H,2,6-7,11H2,1H3. The fourth-order valence-electron chi connectivity index (χ4n) is 2.07. The van der Waals surface area contributed by atoms with Crippen molar-refractivity contribution in [3.63, 3.8) is 0 Å². The van der Waals surface area contributed by atoms with E-state index < -0.39 is 0 Å². The lowest BCUT2D eigenvalue weighted by molar-refractivity contribution is -0.115. The fourth-order valence-corrected chi connectivity index (χ4v) is 2.07. The molecule has 0 saturated heterocycles. The summed E-state index contributed by atoms with van der Waals surface area (Å²) in [6, 6.07) is 5.02. The van der Waals surface area contributed by atoms with E-state index in [9.17, 15) is 9.59 Å². The molecule has 1 heterocycles. The zero-order chi connectivity index (χ0) is 15.9. The van der Waals surface area contributed by atoms with E-state index in [-0.39, 0.29) is 31.2 Å². The molecular formula is C17H17NO4. The predicted octanol–water partition coefficient (Wildman–Crippen LogP) is 3.11. The molecule has 0 unspecified atom stereocenters. The van der Waals surface area contributed by atoms with Gasteiger partial charge >= 0.3 is 0 Å². The number of rotatable bonds is 7. The van der Waals surface area contributed by atoms with Gasteiger partial charge in [0.1, 0.15) is 0 Å². The first-order valence-electron chi connectivity index (χ1n) is 6.90. The van der Waals surface area contributed by atoms with Crippen LogP contribution < -0.4 is 9.47 Å². The van der Waals surface area contributed by atoms with Crippen molar-refractivity contribution in [2.45, 2.75) is 19.8 Å². The number of allylic oxidation sites excluding steroid dienone is 3. The largest absolute Gasteiger partial charge is 0.454 e. The van der Waals surface area contributed by atoms with Crippen LogP contribution in [0.3, 0.4) is 0 Å². The maximum Gasteiger partial charge on any atom is 0.231 e. The number of carbonyl (C=O) groups excluding carboxylic acids is 2.